The van der Waals surface area contributed by atoms with E-state index in [-0.39, 0.29) is 23.7 Å². The molecule has 3 aliphatic carbocycles. The van der Waals surface area contributed by atoms with Crippen LogP contribution in [0.2, 0.25) is 0 Å². The number of H-pyrrole nitrogens is 1. The van der Waals surface area contributed by atoms with Gasteiger partial charge in [-0.2, -0.15) is 0 Å². The maximum atomic E-state index is 12.7. The minimum atomic E-state index is 0.127. The lowest BCUT2D eigenvalue weighted by Crippen LogP contribution is -2.27. The molecule has 2 amide bonds. The zero-order valence-corrected chi connectivity index (χ0v) is 19.5. The molecule has 6 nitrogen and oxygen atoms in total. The number of rotatable bonds is 5. The van der Waals surface area contributed by atoms with Crippen LogP contribution < -0.4 is 10.6 Å². The van der Waals surface area contributed by atoms with E-state index in [1.54, 1.807) is 0 Å². The highest BCUT2D eigenvalue weighted by atomic mass is 16.2. The Labute approximate surface area is 199 Å². The van der Waals surface area contributed by atoms with Crippen LogP contribution in [0, 0.1) is 23.7 Å². The van der Waals surface area contributed by atoms with Gasteiger partial charge in [-0.3, -0.25) is 9.59 Å². The SMILES string of the molecule is O=C(Nc1ccc2nc(-c3ccc(NC(=O)C4CC5CCC4C5)cc3)[nH]c2c1)C1CCCCC1. The summed E-state index contributed by atoms with van der Waals surface area (Å²) in [6, 6.07) is 13.7. The maximum Gasteiger partial charge on any atom is 0.227 e. The first-order chi connectivity index (χ1) is 16.6. The van der Waals surface area contributed by atoms with Crippen molar-refractivity contribution in [3.63, 3.8) is 0 Å². The number of hydrogen-bond acceptors (Lipinski definition) is 3. The van der Waals surface area contributed by atoms with Gasteiger partial charge in [0.1, 0.15) is 5.82 Å². The average Bonchev–Trinajstić information content (AvgIpc) is 3.61. The number of amides is 2. The Bertz CT molecular complexity index is 1210. The third-order valence-corrected chi connectivity index (χ3v) is 8.23. The monoisotopic (exact) mass is 456 g/mol. The second kappa shape index (κ2) is 8.90. The second-order valence-electron chi connectivity index (χ2n) is 10.5. The quantitative estimate of drug-likeness (QED) is 0.432. The number of carbonyl (C=O) groups is 2. The van der Waals surface area contributed by atoms with Crippen LogP contribution >= 0.6 is 0 Å². The number of aromatic amines is 1. The van der Waals surface area contributed by atoms with Crippen molar-refractivity contribution in [2.24, 2.45) is 23.7 Å². The van der Waals surface area contributed by atoms with Crippen molar-refractivity contribution in [3.05, 3.63) is 42.5 Å². The topological polar surface area (TPSA) is 86.9 Å². The first-order valence-corrected chi connectivity index (χ1v) is 12.8. The zero-order valence-electron chi connectivity index (χ0n) is 19.5. The standard InChI is InChI=1S/C28H32N4O2/c33-27(19-4-2-1-3-5-19)30-22-12-13-24-25(16-22)32-26(31-24)18-8-10-21(11-9-18)29-28(34)23-15-17-6-7-20(23)14-17/h8-13,16-17,19-20,23H,1-7,14-15H2,(H,29,34)(H,30,33)(H,31,32). The lowest BCUT2D eigenvalue weighted by molar-refractivity contribution is -0.121. The van der Waals surface area contributed by atoms with Gasteiger partial charge in [0.25, 0.3) is 0 Å². The summed E-state index contributed by atoms with van der Waals surface area (Å²) >= 11 is 0. The molecule has 176 valence electrons. The molecule has 3 aromatic rings. The summed E-state index contributed by atoms with van der Waals surface area (Å²) in [7, 11) is 0. The van der Waals surface area contributed by atoms with Gasteiger partial charge in [-0.1, -0.05) is 25.7 Å². The van der Waals surface area contributed by atoms with E-state index < -0.39 is 0 Å². The third kappa shape index (κ3) is 4.22. The summed E-state index contributed by atoms with van der Waals surface area (Å²) in [5, 5.41) is 6.20. The molecule has 3 saturated carbocycles. The van der Waals surface area contributed by atoms with Crippen LogP contribution in [0.1, 0.15) is 57.8 Å². The smallest absolute Gasteiger partial charge is 0.227 e. The van der Waals surface area contributed by atoms with Crippen LogP contribution in [-0.2, 0) is 9.59 Å². The molecule has 3 aliphatic rings. The fourth-order valence-corrected chi connectivity index (χ4v) is 6.35. The summed E-state index contributed by atoms with van der Waals surface area (Å²) in [5.74, 6) is 2.73. The number of aromatic nitrogens is 2. The van der Waals surface area contributed by atoms with E-state index in [9.17, 15) is 9.59 Å². The molecular weight excluding hydrogens is 424 g/mol. The molecule has 3 fully saturated rings. The number of carbonyl (C=O) groups excluding carboxylic acids is 2. The zero-order chi connectivity index (χ0) is 23.1. The van der Waals surface area contributed by atoms with Gasteiger partial charge in [-0.05, 0) is 86.4 Å². The van der Waals surface area contributed by atoms with E-state index in [1.807, 2.05) is 42.5 Å². The van der Waals surface area contributed by atoms with E-state index in [1.165, 1.54) is 25.7 Å². The molecule has 0 saturated heterocycles. The molecule has 1 heterocycles. The number of nitrogens with zero attached hydrogens (tertiary/aromatic N) is 1. The summed E-state index contributed by atoms with van der Waals surface area (Å²) in [5.41, 5.74) is 4.35. The van der Waals surface area contributed by atoms with E-state index in [0.29, 0.717) is 5.92 Å². The van der Waals surface area contributed by atoms with Crippen molar-refractivity contribution in [1.82, 2.24) is 9.97 Å². The van der Waals surface area contributed by atoms with Crippen LogP contribution in [0.3, 0.4) is 0 Å². The predicted molar refractivity (Wildman–Crippen MR) is 134 cm³/mol. The summed E-state index contributed by atoms with van der Waals surface area (Å²) < 4.78 is 0. The first kappa shape index (κ1) is 21.4. The Balaban J connectivity index is 1.12. The summed E-state index contributed by atoms with van der Waals surface area (Å²) in [6.07, 6.45) is 10.3. The lowest BCUT2D eigenvalue weighted by atomic mass is 9.88. The first-order valence-electron chi connectivity index (χ1n) is 12.8. The molecule has 3 atom stereocenters. The molecule has 0 aliphatic heterocycles. The van der Waals surface area contributed by atoms with Crippen molar-refractivity contribution < 1.29 is 9.59 Å². The Kier molecular flexibility index (Phi) is 5.60. The van der Waals surface area contributed by atoms with Crippen LogP contribution in [0.25, 0.3) is 22.4 Å². The Morgan fingerprint density at radius 3 is 2.32 bits per heavy atom. The summed E-state index contributed by atoms with van der Waals surface area (Å²) in [6.45, 7) is 0. The molecule has 0 radical (unpaired) electrons. The van der Waals surface area contributed by atoms with Crippen molar-refractivity contribution in [2.75, 3.05) is 10.6 Å². The highest BCUT2D eigenvalue weighted by Crippen LogP contribution is 2.48. The Hall–Kier alpha value is -3.15. The van der Waals surface area contributed by atoms with Crippen LogP contribution in [-0.4, -0.2) is 21.8 Å². The Morgan fingerprint density at radius 1 is 0.824 bits per heavy atom. The maximum absolute atomic E-state index is 12.7. The number of fused-ring (bicyclic) bond motifs is 3. The van der Waals surface area contributed by atoms with Crippen LogP contribution in [0.15, 0.2) is 42.5 Å². The van der Waals surface area contributed by atoms with E-state index in [4.69, 9.17) is 4.98 Å². The normalized spacial score (nSPS) is 24.4. The van der Waals surface area contributed by atoms with E-state index in [2.05, 4.69) is 15.6 Å². The number of nitrogens with one attached hydrogen (secondary N) is 3. The minimum Gasteiger partial charge on any atom is -0.338 e. The minimum absolute atomic E-state index is 0.127. The molecule has 3 unspecified atom stereocenters. The van der Waals surface area contributed by atoms with Crippen LogP contribution in [0.5, 0.6) is 0 Å². The average molecular weight is 457 g/mol. The van der Waals surface area contributed by atoms with Gasteiger partial charge in [0.2, 0.25) is 11.8 Å². The fraction of sp³-hybridized carbons (Fsp3) is 0.464. The second-order valence-corrected chi connectivity index (χ2v) is 10.5. The Morgan fingerprint density at radius 2 is 1.59 bits per heavy atom. The molecule has 0 spiro atoms. The number of benzene rings is 2. The van der Waals surface area contributed by atoms with Crippen molar-refractivity contribution in [2.45, 2.75) is 57.8 Å². The predicted octanol–water partition coefficient (Wildman–Crippen LogP) is 6.12. The van der Waals surface area contributed by atoms with Crippen molar-refractivity contribution in [1.29, 1.82) is 0 Å². The lowest BCUT2D eigenvalue weighted by Gasteiger charge is -2.20. The van der Waals surface area contributed by atoms with Crippen molar-refractivity contribution >= 4 is 34.2 Å². The van der Waals surface area contributed by atoms with Gasteiger partial charge in [-0.25, -0.2) is 4.98 Å². The van der Waals surface area contributed by atoms with Gasteiger partial charge in [-0.15, -0.1) is 0 Å². The van der Waals surface area contributed by atoms with E-state index in [0.717, 1.165) is 71.8 Å². The van der Waals surface area contributed by atoms with Gasteiger partial charge in [0.05, 0.1) is 11.0 Å². The molecular formula is C28H32N4O2. The molecule has 2 aromatic carbocycles. The number of imidazole rings is 1. The van der Waals surface area contributed by atoms with Crippen LogP contribution in [0.4, 0.5) is 11.4 Å². The van der Waals surface area contributed by atoms with Gasteiger partial charge in [0, 0.05) is 28.8 Å². The fourth-order valence-electron chi connectivity index (χ4n) is 6.35. The third-order valence-electron chi connectivity index (χ3n) is 8.23. The van der Waals surface area contributed by atoms with Crippen molar-refractivity contribution in [3.8, 4) is 11.4 Å². The molecule has 3 N–H and O–H groups in total. The highest BCUT2D eigenvalue weighted by molar-refractivity contribution is 5.95. The van der Waals surface area contributed by atoms with Gasteiger partial charge in [0.15, 0.2) is 0 Å². The molecule has 2 bridgehead atoms. The van der Waals surface area contributed by atoms with Gasteiger partial charge < -0.3 is 15.6 Å². The number of anilines is 2. The molecule has 1 aromatic heterocycles. The highest BCUT2D eigenvalue weighted by Gasteiger charge is 2.43. The van der Waals surface area contributed by atoms with Gasteiger partial charge >= 0.3 is 0 Å². The summed E-state index contributed by atoms with van der Waals surface area (Å²) in [4.78, 5) is 33.4. The number of hydrogen-bond donors (Lipinski definition) is 3. The largest absolute Gasteiger partial charge is 0.338 e. The molecule has 34 heavy (non-hydrogen) atoms. The molecule has 6 rings (SSSR count). The van der Waals surface area contributed by atoms with E-state index >= 15 is 0 Å². The molecule has 6 heteroatoms.